The van der Waals surface area contributed by atoms with Crippen LogP contribution in [0, 0.1) is 0 Å². The summed E-state index contributed by atoms with van der Waals surface area (Å²) in [6.07, 6.45) is 2.14. The van der Waals surface area contributed by atoms with Gasteiger partial charge in [-0.3, -0.25) is 0 Å². The zero-order valence-electron chi connectivity index (χ0n) is 11.2. The van der Waals surface area contributed by atoms with Gasteiger partial charge in [-0.05, 0) is 37.8 Å². The first-order valence-corrected chi connectivity index (χ1v) is 7.74. The van der Waals surface area contributed by atoms with E-state index in [4.69, 9.17) is 0 Å². The Labute approximate surface area is 110 Å². The molecule has 2 nitrogen and oxygen atoms in total. The lowest BCUT2D eigenvalue weighted by atomic mass is 10.2. The average Bonchev–Trinajstić information content (AvgIpc) is 2.38. The molecule has 0 fully saturated rings. The Kier molecular flexibility index (Phi) is 7.13. The van der Waals surface area contributed by atoms with E-state index in [9.17, 15) is 0 Å². The van der Waals surface area contributed by atoms with Gasteiger partial charge in [-0.2, -0.15) is 11.8 Å². The molecule has 0 aromatic heterocycles. The van der Waals surface area contributed by atoms with Crippen LogP contribution in [0.5, 0.6) is 0 Å². The molecular formula is C14H24N2S. The molecule has 1 N–H and O–H groups in total. The highest BCUT2D eigenvalue weighted by molar-refractivity contribution is 7.98. The summed E-state index contributed by atoms with van der Waals surface area (Å²) < 4.78 is 0. The molecule has 0 atom stereocenters. The Balaban J connectivity index is 2.44. The summed E-state index contributed by atoms with van der Waals surface area (Å²) in [6, 6.07) is 8.89. The molecule has 0 aliphatic rings. The molecule has 0 spiro atoms. The van der Waals surface area contributed by atoms with Crippen molar-refractivity contribution in [1.82, 2.24) is 5.32 Å². The smallest absolute Gasteiger partial charge is 0.0366 e. The van der Waals surface area contributed by atoms with Crippen LogP contribution in [0.3, 0.4) is 0 Å². The Morgan fingerprint density at radius 2 is 1.76 bits per heavy atom. The highest BCUT2D eigenvalue weighted by Gasteiger charge is 2.00. The lowest BCUT2D eigenvalue weighted by Crippen LogP contribution is -2.21. The number of nitrogens with one attached hydrogen (secondary N) is 1. The van der Waals surface area contributed by atoms with Gasteiger partial charge in [0.05, 0.1) is 0 Å². The summed E-state index contributed by atoms with van der Waals surface area (Å²) in [7, 11) is 0. The third kappa shape index (κ3) is 5.00. The van der Waals surface area contributed by atoms with E-state index in [1.807, 2.05) is 11.8 Å². The second kappa shape index (κ2) is 8.43. The molecule has 17 heavy (non-hydrogen) atoms. The first kappa shape index (κ1) is 14.4. The van der Waals surface area contributed by atoms with Crippen molar-refractivity contribution >= 4 is 17.4 Å². The molecule has 3 heteroatoms. The third-order valence-electron chi connectivity index (χ3n) is 2.88. The predicted octanol–water partition coefficient (Wildman–Crippen LogP) is 2.99. The van der Waals surface area contributed by atoms with Gasteiger partial charge in [0, 0.05) is 37.6 Å². The first-order valence-electron chi connectivity index (χ1n) is 6.35. The summed E-state index contributed by atoms with van der Waals surface area (Å²) in [6.45, 7) is 8.59. The molecule has 0 aliphatic carbocycles. The van der Waals surface area contributed by atoms with E-state index in [2.05, 4.69) is 54.6 Å². The van der Waals surface area contributed by atoms with Crippen molar-refractivity contribution in [3.05, 3.63) is 29.8 Å². The number of nitrogens with zero attached hydrogens (tertiary/aromatic N) is 1. The first-order chi connectivity index (χ1) is 8.31. The fourth-order valence-corrected chi connectivity index (χ4v) is 2.17. The number of hydrogen-bond acceptors (Lipinski definition) is 3. The normalized spacial score (nSPS) is 10.5. The maximum Gasteiger partial charge on any atom is 0.0366 e. The van der Waals surface area contributed by atoms with Crippen molar-refractivity contribution in [1.29, 1.82) is 0 Å². The van der Waals surface area contributed by atoms with E-state index >= 15 is 0 Å². The van der Waals surface area contributed by atoms with Crippen molar-refractivity contribution in [2.45, 2.75) is 20.4 Å². The van der Waals surface area contributed by atoms with Crippen LogP contribution >= 0.6 is 11.8 Å². The van der Waals surface area contributed by atoms with E-state index < -0.39 is 0 Å². The molecule has 0 saturated carbocycles. The average molecular weight is 252 g/mol. The molecule has 1 aromatic carbocycles. The third-order valence-corrected chi connectivity index (χ3v) is 3.49. The van der Waals surface area contributed by atoms with Crippen LogP contribution in [0.4, 0.5) is 5.69 Å². The summed E-state index contributed by atoms with van der Waals surface area (Å²) >= 11 is 1.88. The number of thioether (sulfide) groups is 1. The van der Waals surface area contributed by atoms with Gasteiger partial charge in [0.2, 0.25) is 0 Å². The molecule has 0 saturated heterocycles. The summed E-state index contributed by atoms with van der Waals surface area (Å²) in [5.41, 5.74) is 2.69. The van der Waals surface area contributed by atoms with Crippen molar-refractivity contribution in [3.63, 3.8) is 0 Å². The lowest BCUT2D eigenvalue weighted by Gasteiger charge is -2.21. The van der Waals surface area contributed by atoms with Crippen molar-refractivity contribution in [3.8, 4) is 0 Å². The number of anilines is 1. The van der Waals surface area contributed by atoms with E-state index in [1.165, 1.54) is 17.0 Å². The standard InChI is InChI=1S/C14H24N2S/c1-4-16(5-2)14-8-6-13(7-9-14)12-15-10-11-17-3/h6-9,15H,4-5,10-12H2,1-3H3. The van der Waals surface area contributed by atoms with Crippen molar-refractivity contribution in [2.24, 2.45) is 0 Å². The van der Waals surface area contributed by atoms with Gasteiger partial charge in [-0.25, -0.2) is 0 Å². The van der Waals surface area contributed by atoms with Gasteiger partial charge in [0.1, 0.15) is 0 Å². The summed E-state index contributed by atoms with van der Waals surface area (Å²) in [5, 5.41) is 3.44. The largest absolute Gasteiger partial charge is 0.372 e. The quantitative estimate of drug-likeness (QED) is 0.716. The minimum absolute atomic E-state index is 0.971. The zero-order valence-corrected chi connectivity index (χ0v) is 12.0. The highest BCUT2D eigenvalue weighted by Crippen LogP contribution is 2.14. The van der Waals surface area contributed by atoms with Crippen LogP contribution in [0.25, 0.3) is 0 Å². The molecule has 96 valence electrons. The van der Waals surface area contributed by atoms with Crippen molar-refractivity contribution < 1.29 is 0 Å². The fraction of sp³-hybridized carbons (Fsp3) is 0.571. The van der Waals surface area contributed by atoms with Gasteiger partial charge in [0.25, 0.3) is 0 Å². The summed E-state index contributed by atoms with van der Waals surface area (Å²) in [4.78, 5) is 2.37. The van der Waals surface area contributed by atoms with Crippen molar-refractivity contribution in [2.75, 3.05) is 36.5 Å². The van der Waals surface area contributed by atoms with Gasteiger partial charge in [-0.15, -0.1) is 0 Å². The van der Waals surface area contributed by atoms with Gasteiger partial charge in [-0.1, -0.05) is 12.1 Å². The van der Waals surface area contributed by atoms with Crippen LogP contribution < -0.4 is 10.2 Å². The van der Waals surface area contributed by atoms with E-state index in [0.717, 1.165) is 26.2 Å². The highest BCUT2D eigenvalue weighted by atomic mass is 32.2. The molecule has 0 heterocycles. The monoisotopic (exact) mass is 252 g/mol. The SMILES string of the molecule is CCN(CC)c1ccc(CNCCSC)cc1. The predicted molar refractivity (Wildman–Crippen MR) is 80.1 cm³/mol. The fourth-order valence-electron chi connectivity index (χ4n) is 1.82. The minimum Gasteiger partial charge on any atom is -0.372 e. The van der Waals surface area contributed by atoms with E-state index in [-0.39, 0.29) is 0 Å². The number of hydrogen-bond donors (Lipinski definition) is 1. The van der Waals surface area contributed by atoms with Crippen LogP contribution in [0.2, 0.25) is 0 Å². The number of rotatable bonds is 8. The van der Waals surface area contributed by atoms with Crippen LogP contribution in [0.15, 0.2) is 24.3 Å². The van der Waals surface area contributed by atoms with E-state index in [0.29, 0.717) is 0 Å². The Morgan fingerprint density at radius 3 is 2.29 bits per heavy atom. The van der Waals surface area contributed by atoms with Crippen LogP contribution in [-0.2, 0) is 6.54 Å². The Morgan fingerprint density at radius 1 is 1.12 bits per heavy atom. The Bertz CT molecular complexity index is 294. The second-order valence-electron chi connectivity index (χ2n) is 4.01. The van der Waals surface area contributed by atoms with E-state index in [1.54, 1.807) is 0 Å². The Hall–Kier alpha value is -0.670. The molecule has 0 bridgehead atoms. The molecule has 0 radical (unpaired) electrons. The van der Waals surface area contributed by atoms with Gasteiger partial charge in [0.15, 0.2) is 0 Å². The zero-order chi connectivity index (χ0) is 12.5. The van der Waals surface area contributed by atoms with Crippen LogP contribution in [-0.4, -0.2) is 31.6 Å². The summed E-state index contributed by atoms with van der Waals surface area (Å²) in [5.74, 6) is 1.18. The molecule has 1 aromatic rings. The second-order valence-corrected chi connectivity index (χ2v) is 4.99. The molecule has 0 amide bonds. The maximum atomic E-state index is 3.44. The maximum absolute atomic E-state index is 3.44. The topological polar surface area (TPSA) is 15.3 Å². The van der Waals surface area contributed by atoms with Gasteiger partial charge >= 0.3 is 0 Å². The molecule has 0 aliphatic heterocycles. The molecular weight excluding hydrogens is 228 g/mol. The van der Waals surface area contributed by atoms with Crippen LogP contribution in [0.1, 0.15) is 19.4 Å². The lowest BCUT2D eigenvalue weighted by molar-refractivity contribution is 0.732. The molecule has 0 unspecified atom stereocenters. The minimum atomic E-state index is 0.971. The van der Waals surface area contributed by atoms with Gasteiger partial charge < -0.3 is 10.2 Å². The number of benzene rings is 1. The molecule has 1 rings (SSSR count).